The Labute approximate surface area is 176 Å². The molecule has 2 heterocycles. The molecular formula is C20H29Cl2N3O3. The molecule has 28 heavy (non-hydrogen) atoms. The van der Waals surface area contributed by atoms with Gasteiger partial charge in [0.1, 0.15) is 0 Å². The van der Waals surface area contributed by atoms with Crippen LogP contribution in [0.25, 0.3) is 0 Å². The van der Waals surface area contributed by atoms with Gasteiger partial charge < -0.3 is 20.1 Å². The molecule has 3 rings (SSSR count). The molecule has 2 saturated heterocycles. The van der Waals surface area contributed by atoms with Crippen LogP contribution < -0.4 is 5.32 Å². The lowest BCUT2D eigenvalue weighted by Gasteiger charge is -2.32. The molecule has 0 aliphatic carbocycles. The predicted molar refractivity (Wildman–Crippen MR) is 111 cm³/mol. The zero-order valence-corrected chi connectivity index (χ0v) is 17.6. The van der Waals surface area contributed by atoms with E-state index < -0.39 is 0 Å². The van der Waals surface area contributed by atoms with E-state index >= 15 is 0 Å². The van der Waals surface area contributed by atoms with E-state index in [2.05, 4.69) is 10.2 Å². The highest BCUT2D eigenvalue weighted by atomic mass is 35.5. The molecule has 6 nitrogen and oxygen atoms in total. The van der Waals surface area contributed by atoms with E-state index in [0.29, 0.717) is 36.3 Å². The number of aliphatic hydroxyl groups is 1. The van der Waals surface area contributed by atoms with Crippen molar-refractivity contribution in [3.8, 4) is 0 Å². The largest absolute Gasteiger partial charge is 0.395 e. The lowest BCUT2D eigenvalue weighted by molar-refractivity contribution is -0.134. The molecule has 2 aliphatic rings. The molecule has 1 amide bonds. The highest BCUT2D eigenvalue weighted by Crippen LogP contribution is 2.32. The summed E-state index contributed by atoms with van der Waals surface area (Å²) in [7, 11) is 0. The van der Waals surface area contributed by atoms with Crippen LogP contribution in [-0.2, 0) is 9.53 Å². The Kier molecular flexibility index (Phi) is 8.38. The summed E-state index contributed by atoms with van der Waals surface area (Å²) in [6.45, 7) is 5.23. The fourth-order valence-electron chi connectivity index (χ4n) is 3.96. The highest BCUT2D eigenvalue weighted by Gasteiger charge is 2.30. The molecule has 0 radical (unpaired) electrons. The van der Waals surface area contributed by atoms with Crippen LogP contribution in [0.5, 0.6) is 0 Å². The minimum absolute atomic E-state index is 0.0498. The van der Waals surface area contributed by atoms with Gasteiger partial charge in [0.05, 0.1) is 35.9 Å². The summed E-state index contributed by atoms with van der Waals surface area (Å²) in [6, 6.07) is 5.55. The van der Waals surface area contributed by atoms with Gasteiger partial charge in [-0.05, 0) is 43.6 Å². The van der Waals surface area contributed by atoms with Crippen molar-refractivity contribution in [2.24, 2.45) is 5.92 Å². The Morgan fingerprint density at radius 1 is 1.29 bits per heavy atom. The molecule has 1 aromatic rings. The molecule has 0 unspecified atom stereocenters. The summed E-state index contributed by atoms with van der Waals surface area (Å²) in [5.41, 5.74) is 0.957. The topological polar surface area (TPSA) is 65.0 Å². The third kappa shape index (κ3) is 5.81. The van der Waals surface area contributed by atoms with Gasteiger partial charge in [0, 0.05) is 32.1 Å². The first kappa shape index (κ1) is 21.8. The maximum absolute atomic E-state index is 12.9. The fourth-order valence-corrected chi connectivity index (χ4v) is 4.27. The van der Waals surface area contributed by atoms with Crippen molar-refractivity contribution in [2.75, 3.05) is 59.0 Å². The highest BCUT2D eigenvalue weighted by molar-refractivity contribution is 6.42. The maximum atomic E-state index is 12.9. The first-order valence-corrected chi connectivity index (χ1v) is 10.7. The van der Waals surface area contributed by atoms with Crippen molar-refractivity contribution in [3.63, 3.8) is 0 Å². The maximum Gasteiger partial charge on any atom is 0.236 e. The molecule has 0 aromatic heterocycles. The second kappa shape index (κ2) is 10.8. The van der Waals surface area contributed by atoms with Crippen LogP contribution in [0, 0.1) is 5.92 Å². The van der Waals surface area contributed by atoms with Crippen LogP contribution in [0.4, 0.5) is 0 Å². The zero-order valence-electron chi connectivity index (χ0n) is 16.1. The molecular weight excluding hydrogens is 401 g/mol. The van der Waals surface area contributed by atoms with Gasteiger partial charge in [-0.15, -0.1) is 0 Å². The standard InChI is InChI=1S/C20H29Cl2N3O3/c21-17-4-3-15(11-18(17)22)20-16(12-23-5-10-28-20)13-25(8-9-26)19(27)14-24-6-1-2-7-24/h3-4,11,16,20,23,26H,1-2,5-10,12-14H2/t16-,20-/m0/s1. The van der Waals surface area contributed by atoms with E-state index in [4.69, 9.17) is 27.9 Å². The number of rotatable bonds is 7. The Hall–Kier alpha value is -0.890. The van der Waals surface area contributed by atoms with E-state index in [-0.39, 0.29) is 24.5 Å². The molecule has 8 heteroatoms. The van der Waals surface area contributed by atoms with E-state index in [9.17, 15) is 9.90 Å². The number of benzene rings is 1. The number of hydrogen-bond donors (Lipinski definition) is 2. The van der Waals surface area contributed by atoms with Gasteiger partial charge in [0.2, 0.25) is 5.91 Å². The van der Waals surface area contributed by atoms with Crippen molar-refractivity contribution in [3.05, 3.63) is 33.8 Å². The van der Waals surface area contributed by atoms with Crippen LogP contribution in [-0.4, -0.2) is 79.8 Å². The van der Waals surface area contributed by atoms with Crippen molar-refractivity contribution in [2.45, 2.75) is 18.9 Å². The smallest absolute Gasteiger partial charge is 0.236 e. The Bertz CT molecular complexity index is 656. The third-order valence-electron chi connectivity index (χ3n) is 5.42. The average Bonchev–Trinajstić information content (AvgIpc) is 3.08. The first-order valence-electron chi connectivity index (χ1n) is 9.96. The predicted octanol–water partition coefficient (Wildman–Crippen LogP) is 2.19. The molecule has 0 spiro atoms. The van der Waals surface area contributed by atoms with Gasteiger partial charge in [-0.1, -0.05) is 29.3 Å². The average molecular weight is 430 g/mol. The van der Waals surface area contributed by atoms with Crippen molar-refractivity contribution < 1.29 is 14.6 Å². The number of ether oxygens (including phenoxy) is 1. The molecule has 1 aromatic carbocycles. The van der Waals surface area contributed by atoms with Crippen LogP contribution in [0.3, 0.4) is 0 Å². The summed E-state index contributed by atoms with van der Waals surface area (Å²) >= 11 is 12.3. The van der Waals surface area contributed by atoms with E-state index in [1.165, 1.54) is 0 Å². The summed E-state index contributed by atoms with van der Waals surface area (Å²) in [5.74, 6) is 0.113. The van der Waals surface area contributed by atoms with Crippen LogP contribution in [0.1, 0.15) is 24.5 Å². The van der Waals surface area contributed by atoms with Gasteiger partial charge in [-0.2, -0.15) is 0 Å². The van der Waals surface area contributed by atoms with Crippen molar-refractivity contribution in [1.29, 1.82) is 0 Å². The number of likely N-dealkylation sites (tertiary alicyclic amines) is 1. The summed E-state index contributed by atoms with van der Waals surface area (Å²) < 4.78 is 6.11. The zero-order chi connectivity index (χ0) is 19.9. The summed E-state index contributed by atoms with van der Waals surface area (Å²) in [6.07, 6.45) is 2.10. The summed E-state index contributed by atoms with van der Waals surface area (Å²) in [4.78, 5) is 16.8. The fraction of sp³-hybridized carbons (Fsp3) is 0.650. The first-order chi connectivity index (χ1) is 13.6. The Morgan fingerprint density at radius 2 is 2.07 bits per heavy atom. The van der Waals surface area contributed by atoms with Gasteiger partial charge in [0.15, 0.2) is 0 Å². The van der Waals surface area contributed by atoms with Crippen LogP contribution >= 0.6 is 23.2 Å². The van der Waals surface area contributed by atoms with E-state index in [0.717, 1.165) is 44.6 Å². The number of halogens is 2. The molecule has 0 saturated carbocycles. The Morgan fingerprint density at radius 3 is 2.79 bits per heavy atom. The third-order valence-corrected chi connectivity index (χ3v) is 6.16. The van der Waals surface area contributed by atoms with Crippen molar-refractivity contribution >= 4 is 29.1 Å². The van der Waals surface area contributed by atoms with Gasteiger partial charge >= 0.3 is 0 Å². The molecule has 2 fully saturated rings. The number of nitrogens with zero attached hydrogens (tertiary/aromatic N) is 2. The van der Waals surface area contributed by atoms with Gasteiger partial charge in [-0.3, -0.25) is 9.69 Å². The lowest BCUT2D eigenvalue weighted by Crippen LogP contribution is -2.45. The van der Waals surface area contributed by atoms with Gasteiger partial charge in [-0.25, -0.2) is 0 Å². The lowest BCUT2D eigenvalue weighted by atomic mass is 9.94. The van der Waals surface area contributed by atoms with E-state index in [1.54, 1.807) is 11.0 Å². The molecule has 2 aliphatic heterocycles. The minimum atomic E-state index is -0.189. The number of carbonyl (C=O) groups is 1. The molecule has 2 N–H and O–H groups in total. The Balaban J connectivity index is 1.73. The number of amides is 1. The summed E-state index contributed by atoms with van der Waals surface area (Å²) in [5, 5.41) is 13.9. The van der Waals surface area contributed by atoms with Gasteiger partial charge in [0.25, 0.3) is 0 Å². The minimum Gasteiger partial charge on any atom is -0.395 e. The molecule has 156 valence electrons. The van der Waals surface area contributed by atoms with Crippen molar-refractivity contribution in [1.82, 2.24) is 15.1 Å². The number of nitrogens with one attached hydrogen (secondary N) is 1. The van der Waals surface area contributed by atoms with E-state index in [1.807, 2.05) is 12.1 Å². The molecule has 0 bridgehead atoms. The second-order valence-electron chi connectivity index (χ2n) is 7.48. The number of carbonyl (C=O) groups excluding carboxylic acids is 1. The van der Waals surface area contributed by atoms with Crippen LogP contribution in [0.15, 0.2) is 18.2 Å². The SMILES string of the molecule is O=C(CN1CCCC1)N(CCO)C[C@@H]1CNCCO[C@H]1c1ccc(Cl)c(Cl)c1. The normalized spacial score (nSPS) is 23.5. The number of aliphatic hydroxyl groups excluding tert-OH is 1. The van der Waals surface area contributed by atoms with Crippen LogP contribution in [0.2, 0.25) is 10.0 Å². The molecule has 2 atom stereocenters. The monoisotopic (exact) mass is 429 g/mol. The quantitative estimate of drug-likeness (QED) is 0.695. The second-order valence-corrected chi connectivity index (χ2v) is 8.29. The number of hydrogen-bond acceptors (Lipinski definition) is 5.